The molecule has 0 atom stereocenters. The number of hydrogen-bond donors (Lipinski definition) is 2. The number of likely N-dealkylation sites (tertiary alicyclic amines) is 1. The summed E-state index contributed by atoms with van der Waals surface area (Å²) in [5, 5.41) is 3.03. The van der Waals surface area contributed by atoms with Gasteiger partial charge in [0.2, 0.25) is 5.91 Å². The first-order valence-electron chi connectivity index (χ1n) is 11.2. The molecule has 3 N–H and O–H groups in total. The van der Waals surface area contributed by atoms with Crippen molar-refractivity contribution in [2.75, 3.05) is 43.9 Å². The summed E-state index contributed by atoms with van der Waals surface area (Å²) in [6, 6.07) is 14.5. The van der Waals surface area contributed by atoms with Crippen LogP contribution >= 0.6 is 0 Å². The second-order valence-corrected chi connectivity index (χ2v) is 8.56. The fraction of sp³-hybridized carbons (Fsp3) is 0.440. The van der Waals surface area contributed by atoms with Gasteiger partial charge in [-0.3, -0.25) is 14.5 Å². The molecule has 7 heteroatoms. The highest BCUT2D eigenvalue weighted by Crippen LogP contribution is 2.25. The lowest BCUT2D eigenvalue weighted by Crippen LogP contribution is -2.44. The molecule has 0 spiro atoms. The van der Waals surface area contributed by atoms with Gasteiger partial charge in [0.15, 0.2) is 0 Å². The molecule has 3 rings (SSSR count). The molecule has 1 aliphatic heterocycles. The molecule has 1 fully saturated rings. The minimum atomic E-state index is -0.286. The summed E-state index contributed by atoms with van der Waals surface area (Å²) in [5.41, 5.74) is 7.57. The molecular formula is C25H34N4O3. The third kappa shape index (κ3) is 6.01. The highest BCUT2D eigenvalue weighted by molar-refractivity contribution is 6.10. The van der Waals surface area contributed by atoms with Crippen LogP contribution in [0.5, 0.6) is 5.75 Å². The van der Waals surface area contributed by atoms with Crippen LogP contribution in [0.1, 0.15) is 37.0 Å². The van der Waals surface area contributed by atoms with Crippen LogP contribution in [0.25, 0.3) is 0 Å². The van der Waals surface area contributed by atoms with Gasteiger partial charge in [-0.15, -0.1) is 0 Å². The Labute approximate surface area is 190 Å². The van der Waals surface area contributed by atoms with E-state index in [2.05, 4.69) is 24.1 Å². The van der Waals surface area contributed by atoms with Crippen molar-refractivity contribution in [1.29, 1.82) is 0 Å². The zero-order chi connectivity index (χ0) is 23.1. The van der Waals surface area contributed by atoms with Gasteiger partial charge in [-0.25, -0.2) is 0 Å². The van der Waals surface area contributed by atoms with Crippen LogP contribution in [0, 0.1) is 5.92 Å². The Morgan fingerprint density at radius 2 is 1.78 bits per heavy atom. The first kappa shape index (κ1) is 23.6. The van der Waals surface area contributed by atoms with Crippen molar-refractivity contribution in [3.8, 4) is 5.75 Å². The van der Waals surface area contributed by atoms with Crippen molar-refractivity contribution >= 4 is 23.2 Å². The molecule has 7 nitrogen and oxygen atoms in total. The Morgan fingerprint density at radius 3 is 2.38 bits per heavy atom. The van der Waals surface area contributed by atoms with Crippen molar-refractivity contribution in [3.63, 3.8) is 0 Å². The molecule has 0 bridgehead atoms. The molecule has 0 unspecified atom stereocenters. The number of carbonyl (C=O) groups is 2. The molecular weight excluding hydrogens is 404 g/mol. The summed E-state index contributed by atoms with van der Waals surface area (Å²) in [5.74, 6) is 0.641. The third-order valence-corrected chi connectivity index (χ3v) is 6.08. The summed E-state index contributed by atoms with van der Waals surface area (Å²) in [7, 11) is 1.57. The Balaban J connectivity index is 1.67. The van der Waals surface area contributed by atoms with Crippen molar-refractivity contribution in [1.82, 2.24) is 10.2 Å². The van der Waals surface area contributed by atoms with Crippen molar-refractivity contribution in [3.05, 3.63) is 54.1 Å². The van der Waals surface area contributed by atoms with E-state index in [1.807, 2.05) is 0 Å². The number of nitrogens with one attached hydrogen (secondary N) is 1. The quantitative estimate of drug-likeness (QED) is 0.618. The number of ether oxygens (including phenoxy) is 1. The number of anilines is 2. The second-order valence-electron chi connectivity index (χ2n) is 8.56. The molecule has 2 aromatic carbocycles. The van der Waals surface area contributed by atoms with Gasteiger partial charge in [-0.05, 0) is 82.1 Å². The van der Waals surface area contributed by atoms with Crippen LogP contribution in [0.4, 0.5) is 11.4 Å². The van der Waals surface area contributed by atoms with E-state index in [0.717, 1.165) is 25.9 Å². The predicted octanol–water partition coefficient (Wildman–Crippen LogP) is 3.16. The molecule has 0 aliphatic carbocycles. The molecule has 2 amide bonds. The molecule has 1 saturated heterocycles. The maximum atomic E-state index is 13.3. The Bertz CT molecular complexity index is 906. The number of methoxy groups -OCH3 is 1. The normalized spacial score (nSPS) is 14.9. The summed E-state index contributed by atoms with van der Waals surface area (Å²) in [4.78, 5) is 30.0. The average Bonchev–Trinajstić information content (AvgIpc) is 2.81. The predicted molar refractivity (Wildman–Crippen MR) is 128 cm³/mol. The van der Waals surface area contributed by atoms with Gasteiger partial charge in [0.1, 0.15) is 12.3 Å². The minimum Gasteiger partial charge on any atom is -0.497 e. The number of piperidine rings is 1. The van der Waals surface area contributed by atoms with Crippen LogP contribution in [-0.2, 0) is 4.79 Å². The summed E-state index contributed by atoms with van der Waals surface area (Å²) in [6.45, 7) is 7.07. The number of nitrogens with zero attached hydrogens (tertiary/aromatic N) is 2. The van der Waals surface area contributed by atoms with E-state index in [0.29, 0.717) is 41.2 Å². The number of benzene rings is 2. The molecule has 1 aliphatic rings. The lowest BCUT2D eigenvalue weighted by atomic mass is 9.96. The lowest BCUT2D eigenvalue weighted by molar-refractivity contribution is -0.120. The highest BCUT2D eigenvalue weighted by Gasteiger charge is 2.24. The number of para-hydroxylation sites is 2. The standard InChI is InChI=1S/C25H34N4O3/c1-18(2)28-14-12-19(13-15-28)16-27-24(30)17-29(23-7-5-4-6-22(23)26)25(31)20-8-10-21(32-3)11-9-20/h4-11,18-19H,12-17,26H2,1-3H3,(H,27,30). The first-order chi connectivity index (χ1) is 15.4. The van der Waals surface area contributed by atoms with Gasteiger partial charge < -0.3 is 20.7 Å². The van der Waals surface area contributed by atoms with Gasteiger partial charge in [0, 0.05) is 18.2 Å². The van der Waals surface area contributed by atoms with E-state index in [9.17, 15) is 9.59 Å². The first-order valence-corrected chi connectivity index (χ1v) is 11.2. The molecule has 32 heavy (non-hydrogen) atoms. The monoisotopic (exact) mass is 438 g/mol. The van der Waals surface area contributed by atoms with E-state index in [1.54, 1.807) is 55.6 Å². The van der Waals surface area contributed by atoms with Crippen LogP contribution in [0.15, 0.2) is 48.5 Å². The van der Waals surface area contributed by atoms with E-state index in [-0.39, 0.29) is 18.4 Å². The smallest absolute Gasteiger partial charge is 0.258 e. The number of amides is 2. The van der Waals surface area contributed by atoms with E-state index < -0.39 is 0 Å². The Morgan fingerprint density at radius 1 is 1.12 bits per heavy atom. The van der Waals surface area contributed by atoms with E-state index in [4.69, 9.17) is 10.5 Å². The fourth-order valence-electron chi connectivity index (χ4n) is 4.02. The van der Waals surface area contributed by atoms with Crippen LogP contribution in [0.3, 0.4) is 0 Å². The van der Waals surface area contributed by atoms with Crippen LogP contribution in [0.2, 0.25) is 0 Å². The van der Waals surface area contributed by atoms with Crippen LogP contribution in [-0.4, -0.2) is 56.0 Å². The number of hydrogen-bond acceptors (Lipinski definition) is 5. The molecule has 0 radical (unpaired) electrons. The maximum Gasteiger partial charge on any atom is 0.258 e. The van der Waals surface area contributed by atoms with Gasteiger partial charge in [-0.1, -0.05) is 12.1 Å². The summed E-state index contributed by atoms with van der Waals surface area (Å²) >= 11 is 0. The van der Waals surface area contributed by atoms with Crippen molar-refractivity contribution < 1.29 is 14.3 Å². The topological polar surface area (TPSA) is 87.9 Å². The van der Waals surface area contributed by atoms with Gasteiger partial charge >= 0.3 is 0 Å². The van der Waals surface area contributed by atoms with Crippen molar-refractivity contribution in [2.45, 2.75) is 32.7 Å². The minimum absolute atomic E-state index is 0.0933. The Hall–Kier alpha value is -3.06. The summed E-state index contributed by atoms with van der Waals surface area (Å²) < 4.78 is 5.17. The average molecular weight is 439 g/mol. The highest BCUT2D eigenvalue weighted by atomic mass is 16.5. The lowest BCUT2D eigenvalue weighted by Gasteiger charge is -2.34. The maximum absolute atomic E-state index is 13.3. The third-order valence-electron chi connectivity index (χ3n) is 6.08. The fourth-order valence-corrected chi connectivity index (χ4v) is 4.02. The zero-order valence-corrected chi connectivity index (χ0v) is 19.2. The number of rotatable bonds is 8. The molecule has 0 saturated carbocycles. The van der Waals surface area contributed by atoms with E-state index >= 15 is 0 Å². The number of carbonyl (C=O) groups excluding carboxylic acids is 2. The zero-order valence-electron chi connectivity index (χ0n) is 19.2. The Kier molecular flexibility index (Phi) is 8.11. The molecule has 2 aromatic rings. The number of nitrogens with two attached hydrogens (primary N) is 1. The van der Waals surface area contributed by atoms with Gasteiger partial charge in [-0.2, -0.15) is 0 Å². The SMILES string of the molecule is COc1ccc(C(=O)N(CC(=O)NCC2CCN(C(C)C)CC2)c2ccccc2N)cc1. The number of nitrogen functional groups attached to an aromatic ring is 1. The summed E-state index contributed by atoms with van der Waals surface area (Å²) in [6.07, 6.45) is 2.14. The molecule has 0 aromatic heterocycles. The largest absolute Gasteiger partial charge is 0.497 e. The van der Waals surface area contributed by atoms with Gasteiger partial charge in [0.25, 0.3) is 5.91 Å². The molecule has 1 heterocycles. The van der Waals surface area contributed by atoms with Crippen LogP contribution < -0.4 is 20.7 Å². The molecule has 172 valence electrons. The van der Waals surface area contributed by atoms with Gasteiger partial charge in [0.05, 0.1) is 18.5 Å². The second kappa shape index (κ2) is 11.0. The van der Waals surface area contributed by atoms with E-state index in [1.165, 1.54) is 4.90 Å². The van der Waals surface area contributed by atoms with Crippen molar-refractivity contribution in [2.24, 2.45) is 5.92 Å².